The first-order chi connectivity index (χ1) is 7.20. The zero-order valence-corrected chi connectivity index (χ0v) is 11.3. The fourth-order valence-corrected chi connectivity index (χ4v) is 2.04. The van der Waals surface area contributed by atoms with Gasteiger partial charge in [-0.25, -0.2) is 4.68 Å². The summed E-state index contributed by atoms with van der Waals surface area (Å²) >= 11 is 5.54. The van der Waals surface area contributed by atoms with E-state index in [1.807, 2.05) is 18.3 Å². The molecule has 0 spiro atoms. The van der Waals surface area contributed by atoms with Gasteiger partial charge in [-0.05, 0) is 56.7 Å². The number of halogens is 2. The van der Waals surface area contributed by atoms with Crippen molar-refractivity contribution in [2.45, 2.75) is 0 Å². The molecule has 1 aromatic heterocycles. The second-order valence-electron chi connectivity index (χ2n) is 2.93. The molecule has 0 aliphatic carbocycles. The van der Waals surface area contributed by atoms with Crippen molar-refractivity contribution in [2.24, 2.45) is 0 Å². The van der Waals surface area contributed by atoms with Crippen LogP contribution in [-0.4, -0.2) is 16.1 Å². The van der Waals surface area contributed by atoms with Crippen LogP contribution in [0.5, 0.6) is 0 Å². The minimum absolute atomic E-state index is 0.639. The van der Waals surface area contributed by atoms with Crippen LogP contribution in [0, 0.1) is 3.57 Å². The van der Waals surface area contributed by atoms with Gasteiger partial charge in [-0.2, -0.15) is 5.10 Å². The third kappa shape index (κ3) is 2.28. The van der Waals surface area contributed by atoms with Crippen molar-refractivity contribution in [3.63, 3.8) is 0 Å². The highest BCUT2D eigenvalue weighted by Crippen LogP contribution is 2.19. The Hall–Kier alpha value is -0.690. The van der Waals surface area contributed by atoms with E-state index >= 15 is 0 Å². The largest absolute Gasteiger partial charge is 0.298 e. The van der Waals surface area contributed by atoms with Gasteiger partial charge in [0.15, 0.2) is 6.29 Å². The van der Waals surface area contributed by atoms with Crippen LogP contribution in [0.15, 0.2) is 35.1 Å². The summed E-state index contributed by atoms with van der Waals surface area (Å²) in [6.45, 7) is 0. The smallest absolute Gasteiger partial charge is 0.151 e. The van der Waals surface area contributed by atoms with Gasteiger partial charge >= 0.3 is 0 Å². The summed E-state index contributed by atoms with van der Waals surface area (Å²) in [7, 11) is 0. The lowest BCUT2D eigenvalue weighted by atomic mass is 10.2. The molecule has 0 fully saturated rings. The molecule has 0 bridgehead atoms. The average molecular weight is 377 g/mol. The van der Waals surface area contributed by atoms with E-state index < -0.39 is 0 Å². The number of aromatic nitrogens is 2. The Morgan fingerprint density at radius 1 is 1.47 bits per heavy atom. The van der Waals surface area contributed by atoms with Crippen molar-refractivity contribution < 1.29 is 4.79 Å². The topological polar surface area (TPSA) is 34.9 Å². The van der Waals surface area contributed by atoms with Gasteiger partial charge in [0.05, 0.1) is 15.5 Å². The third-order valence-corrected chi connectivity index (χ3v) is 3.17. The van der Waals surface area contributed by atoms with Gasteiger partial charge in [0.2, 0.25) is 0 Å². The molecule has 1 heterocycles. The van der Waals surface area contributed by atoms with E-state index in [1.165, 1.54) is 0 Å². The number of aldehydes is 1. The van der Waals surface area contributed by atoms with E-state index in [2.05, 4.69) is 43.6 Å². The normalized spacial score (nSPS) is 10.3. The maximum absolute atomic E-state index is 10.6. The van der Waals surface area contributed by atoms with Crippen molar-refractivity contribution in [2.75, 3.05) is 0 Å². The standard InChI is InChI=1S/C10H6BrIN2O/c11-10-3-9(2-1-7(10)6-15)14-5-8(12)4-13-14/h1-6H. The lowest BCUT2D eigenvalue weighted by molar-refractivity contribution is 0.112. The van der Waals surface area contributed by atoms with Crippen LogP contribution >= 0.6 is 38.5 Å². The minimum atomic E-state index is 0.639. The van der Waals surface area contributed by atoms with E-state index in [9.17, 15) is 4.79 Å². The van der Waals surface area contributed by atoms with Gasteiger partial charge in [0, 0.05) is 16.2 Å². The molecule has 2 aromatic rings. The van der Waals surface area contributed by atoms with E-state index in [0.717, 1.165) is 20.0 Å². The molecule has 1 aromatic carbocycles. The Morgan fingerprint density at radius 3 is 2.80 bits per heavy atom. The molecule has 5 heteroatoms. The Labute approximate surface area is 109 Å². The number of benzene rings is 1. The van der Waals surface area contributed by atoms with E-state index in [0.29, 0.717) is 5.56 Å². The van der Waals surface area contributed by atoms with Crippen molar-refractivity contribution in [3.8, 4) is 5.69 Å². The van der Waals surface area contributed by atoms with Gasteiger partial charge in [-0.15, -0.1) is 0 Å². The molecule has 0 radical (unpaired) electrons. The third-order valence-electron chi connectivity index (χ3n) is 1.93. The molecule has 0 aliphatic rings. The first-order valence-electron chi connectivity index (χ1n) is 4.16. The second kappa shape index (κ2) is 4.44. The molecule has 76 valence electrons. The Morgan fingerprint density at radius 2 is 2.27 bits per heavy atom. The van der Waals surface area contributed by atoms with Crippen molar-refractivity contribution in [3.05, 3.63) is 44.2 Å². The first kappa shape index (κ1) is 10.8. The van der Waals surface area contributed by atoms with Gasteiger partial charge in [-0.1, -0.05) is 0 Å². The number of carbonyl (C=O) groups excluding carboxylic acids is 1. The number of carbonyl (C=O) groups is 1. The minimum Gasteiger partial charge on any atom is -0.298 e. The molecular formula is C10H6BrIN2O. The summed E-state index contributed by atoms with van der Waals surface area (Å²) in [5.74, 6) is 0. The summed E-state index contributed by atoms with van der Waals surface area (Å²) in [6.07, 6.45) is 4.52. The predicted molar refractivity (Wildman–Crippen MR) is 69.4 cm³/mol. The van der Waals surface area contributed by atoms with Gasteiger partial charge in [0.25, 0.3) is 0 Å². The summed E-state index contributed by atoms with van der Waals surface area (Å²) in [4.78, 5) is 10.6. The molecule has 0 aliphatic heterocycles. The van der Waals surface area contributed by atoms with E-state index in [4.69, 9.17) is 0 Å². The van der Waals surface area contributed by atoms with Gasteiger partial charge < -0.3 is 0 Å². The van der Waals surface area contributed by atoms with Crippen molar-refractivity contribution >= 4 is 44.8 Å². The number of rotatable bonds is 2. The van der Waals surface area contributed by atoms with Crippen molar-refractivity contribution in [1.29, 1.82) is 0 Å². The highest BCUT2D eigenvalue weighted by atomic mass is 127. The quantitative estimate of drug-likeness (QED) is 0.596. The fourth-order valence-electron chi connectivity index (χ4n) is 1.20. The van der Waals surface area contributed by atoms with Crippen LogP contribution in [0.4, 0.5) is 0 Å². The number of hydrogen-bond acceptors (Lipinski definition) is 2. The molecule has 0 saturated heterocycles. The summed E-state index contributed by atoms with van der Waals surface area (Å²) < 4.78 is 3.62. The van der Waals surface area contributed by atoms with Crippen molar-refractivity contribution in [1.82, 2.24) is 9.78 Å². The average Bonchev–Trinajstić information content (AvgIpc) is 2.65. The van der Waals surface area contributed by atoms with E-state index in [1.54, 1.807) is 16.9 Å². The Bertz CT molecular complexity index is 510. The Balaban J connectivity index is 2.46. The number of hydrogen-bond donors (Lipinski definition) is 0. The van der Waals surface area contributed by atoms with Gasteiger partial charge in [0.1, 0.15) is 0 Å². The molecule has 15 heavy (non-hydrogen) atoms. The lowest BCUT2D eigenvalue weighted by Gasteiger charge is -2.02. The highest BCUT2D eigenvalue weighted by molar-refractivity contribution is 14.1. The SMILES string of the molecule is O=Cc1ccc(-n2cc(I)cn2)cc1Br. The number of nitrogens with zero attached hydrogens (tertiary/aromatic N) is 2. The van der Waals surface area contributed by atoms with Crippen LogP contribution in [0.3, 0.4) is 0 Å². The Kier molecular flexibility index (Phi) is 3.20. The van der Waals surface area contributed by atoms with Crippen LogP contribution in [0.1, 0.15) is 10.4 Å². The maximum Gasteiger partial charge on any atom is 0.151 e. The van der Waals surface area contributed by atoms with Crippen LogP contribution < -0.4 is 0 Å². The zero-order chi connectivity index (χ0) is 10.8. The molecular weight excluding hydrogens is 371 g/mol. The second-order valence-corrected chi connectivity index (χ2v) is 5.03. The molecule has 2 rings (SSSR count). The predicted octanol–water partition coefficient (Wildman–Crippen LogP) is 3.05. The molecule has 0 amide bonds. The highest BCUT2D eigenvalue weighted by Gasteiger charge is 2.03. The molecule has 3 nitrogen and oxygen atoms in total. The first-order valence-corrected chi connectivity index (χ1v) is 6.03. The fraction of sp³-hybridized carbons (Fsp3) is 0. The molecule has 0 atom stereocenters. The lowest BCUT2D eigenvalue weighted by Crippen LogP contribution is -1.95. The zero-order valence-electron chi connectivity index (χ0n) is 7.52. The summed E-state index contributed by atoms with van der Waals surface area (Å²) in [5, 5.41) is 4.18. The molecule has 0 unspecified atom stereocenters. The summed E-state index contributed by atoms with van der Waals surface area (Å²) in [6, 6.07) is 5.49. The molecule has 0 saturated carbocycles. The summed E-state index contributed by atoms with van der Waals surface area (Å²) in [5.41, 5.74) is 1.57. The van der Waals surface area contributed by atoms with Crippen LogP contribution in [0.2, 0.25) is 0 Å². The van der Waals surface area contributed by atoms with E-state index in [-0.39, 0.29) is 0 Å². The molecule has 0 N–H and O–H groups in total. The monoisotopic (exact) mass is 376 g/mol. The van der Waals surface area contributed by atoms with Gasteiger partial charge in [-0.3, -0.25) is 4.79 Å². The maximum atomic E-state index is 10.6. The van der Waals surface area contributed by atoms with Crippen LogP contribution in [-0.2, 0) is 0 Å². The van der Waals surface area contributed by atoms with Crippen LogP contribution in [0.25, 0.3) is 5.69 Å².